The molecule has 4 heteroatoms. The Morgan fingerprint density at radius 2 is 2.18 bits per heavy atom. The molecule has 2 rings (SSSR count). The molecule has 0 amide bonds. The molecule has 0 aliphatic heterocycles. The van der Waals surface area contributed by atoms with E-state index in [-0.39, 0.29) is 0 Å². The second kappa shape index (κ2) is 5.39. The van der Waals surface area contributed by atoms with Crippen LogP contribution in [0.1, 0.15) is 18.9 Å². The first-order valence-corrected chi connectivity index (χ1v) is 5.78. The van der Waals surface area contributed by atoms with Crippen LogP contribution in [0.15, 0.2) is 30.9 Å². The third-order valence-corrected chi connectivity index (χ3v) is 2.54. The van der Waals surface area contributed by atoms with E-state index < -0.39 is 0 Å². The number of pyridine rings is 1. The van der Waals surface area contributed by atoms with Crippen LogP contribution in [0, 0.1) is 6.92 Å². The summed E-state index contributed by atoms with van der Waals surface area (Å²) in [6, 6.07) is 3.94. The molecule has 0 saturated heterocycles. The predicted octanol–water partition coefficient (Wildman–Crippen LogP) is 2.67. The molecule has 88 valence electrons. The fraction of sp³-hybridized carbons (Fsp3) is 0.308. The van der Waals surface area contributed by atoms with Crippen molar-refractivity contribution in [3.05, 3.63) is 36.4 Å². The van der Waals surface area contributed by atoms with Gasteiger partial charge in [-0.3, -0.25) is 4.98 Å². The van der Waals surface area contributed by atoms with E-state index in [4.69, 9.17) is 0 Å². The Hall–Kier alpha value is -1.97. The van der Waals surface area contributed by atoms with Gasteiger partial charge in [-0.05, 0) is 25.0 Å². The maximum Gasteiger partial charge on any atom is 0.129 e. The molecule has 2 heterocycles. The summed E-state index contributed by atoms with van der Waals surface area (Å²) >= 11 is 0. The monoisotopic (exact) mass is 228 g/mol. The number of hydrogen-bond donors (Lipinski definition) is 1. The standard InChI is InChI=1S/C13H16N4/c1-3-5-15-13-7-12(16-9-17-13)11-8-14-6-4-10(11)2/h4,6-9H,3,5H2,1-2H3,(H,15,16,17). The van der Waals surface area contributed by atoms with Gasteiger partial charge in [-0.1, -0.05) is 6.92 Å². The minimum Gasteiger partial charge on any atom is -0.370 e. The van der Waals surface area contributed by atoms with Gasteiger partial charge in [0, 0.05) is 30.6 Å². The van der Waals surface area contributed by atoms with Gasteiger partial charge in [-0.25, -0.2) is 9.97 Å². The smallest absolute Gasteiger partial charge is 0.129 e. The molecule has 0 fully saturated rings. The SMILES string of the molecule is CCCNc1cc(-c2cnccc2C)ncn1. The van der Waals surface area contributed by atoms with E-state index in [0.29, 0.717) is 0 Å². The molecule has 1 N–H and O–H groups in total. The highest BCUT2D eigenvalue weighted by molar-refractivity contribution is 5.64. The van der Waals surface area contributed by atoms with Crippen LogP contribution in [-0.2, 0) is 0 Å². The lowest BCUT2D eigenvalue weighted by Crippen LogP contribution is -2.02. The number of rotatable bonds is 4. The van der Waals surface area contributed by atoms with E-state index >= 15 is 0 Å². The zero-order valence-corrected chi connectivity index (χ0v) is 10.1. The molecule has 0 bridgehead atoms. The molecule has 0 spiro atoms. The third-order valence-electron chi connectivity index (χ3n) is 2.54. The number of nitrogens with one attached hydrogen (secondary N) is 1. The third kappa shape index (κ3) is 2.78. The number of anilines is 1. The largest absolute Gasteiger partial charge is 0.370 e. The van der Waals surface area contributed by atoms with Crippen molar-refractivity contribution in [1.29, 1.82) is 0 Å². The fourth-order valence-electron chi connectivity index (χ4n) is 1.59. The Morgan fingerprint density at radius 1 is 1.29 bits per heavy atom. The number of nitrogens with zero attached hydrogens (tertiary/aromatic N) is 3. The average Bonchev–Trinajstić information content (AvgIpc) is 2.37. The molecule has 0 aromatic carbocycles. The van der Waals surface area contributed by atoms with E-state index in [9.17, 15) is 0 Å². The van der Waals surface area contributed by atoms with Gasteiger partial charge in [0.2, 0.25) is 0 Å². The van der Waals surface area contributed by atoms with Crippen LogP contribution < -0.4 is 5.32 Å². The molecule has 0 saturated carbocycles. The quantitative estimate of drug-likeness (QED) is 0.874. The normalized spacial score (nSPS) is 10.2. The van der Waals surface area contributed by atoms with Gasteiger partial charge < -0.3 is 5.32 Å². The van der Waals surface area contributed by atoms with Crippen LogP contribution in [-0.4, -0.2) is 21.5 Å². The molecule has 0 unspecified atom stereocenters. The van der Waals surface area contributed by atoms with Crippen LogP contribution in [0.4, 0.5) is 5.82 Å². The zero-order chi connectivity index (χ0) is 12.1. The Kier molecular flexibility index (Phi) is 3.65. The van der Waals surface area contributed by atoms with Crippen molar-refractivity contribution >= 4 is 5.82 Å². The number of aromatic nitrogens is 3. The molecule has 2 aromatic heterocycles. The lowest BCUT2D eigenvalue weighted by molar-refractivity contribution is 0.965. The van der Waals surface area contributed by atoms with E-state index in [2.05, 4.69) is 34.1 Å². The van der Waals surface area contributed by atoms with E-state index in [1.54, 1.807) is 12.5 Å². The van der Waals surface area contributed by atoms with Gasteiger partial charge in [0.25, 0.3) is 0 Å². The van der Waals surface area contributed by atoms with Crippen LogP contribution in [0.3, 0.4) is 0 Å². The van der Waals surface area contributed by atoms with Crippen molar-refractivity contribution in [3.8, 4) is 11.3 Å². The van der Waals surface area contributed by atoms with Crippen molar-refractivity contribution in [2.45, 2.75) is 20.3 Å². The maximum atomic E-state index is 4.29. The molecule has 2 aromatic rings. The summed E-state index contributed by atoms with van der Waals surface area (Å²) in [5.74, 6) is 0.861. The molecule has 0 radical (unpaired) electrons. The maximum absolute atomic E-state index is 4.29. The van der Waals surface area contributed by atoms with Crippen molar-refractivity contribution in [1.82, 2.24) is 15.0 Å². The van der Waals surface area contributed by atoms with Crippen LogP contribution in [0.25, 0.3) is 11.3 Å². The number of aryl methyl sites for hydroxylation is 1. The second-order valence-electron chi connectivity index (χ2n) is 3.91. The topological polar surface area (TPSA) is 50.7 Å². The van der Waals surface area contributed by atoms with Gasteiger partial charge >= 0.3 is 0 Å². The lowest BCUT2D eigenvalue weighted by Gasteiger charge is -2.07. The van der Waals surface area contributed by atoms with Crippen molar-refractivity contribution in [2.24, 2.45) is 0 Å². The lowest BCUT2D eigenvalue weighted by atomic mass is 10.1. The summed E-state index contributed by atoms with van der Waals surface area (Å²) in [4.78, 5) is 12.6. The summed E-state index contributed by atoms with van der Waals surface area (Å²) in [7, 11) is 0. The van der Waals surface area contributed by atoms with Crippen molar-refractivity contribution in [3.63, 3.8) is 0 Å². The molecule has 0 aliphatic carbocycles. The first-order chi connectivity index (χ1) is 8.31. The summed E-state index contributed by atoms with van der Waals surface area (Å²) in [5, 5.41) is 3.25. The Balaban J connectivity index is 2.30. The molecule has 4 nitrogen and oxygen atoms in total. The van der Waals surface area contributed by atoms with E-state index in [1.807, 2.05) is 18.3 Å². The minimum absolute atomic E-state index is 0.861. The summed E-state index contributed by atoms with van der Waals surface area (Å²) < 4.78 is 0. The predicted molar refractivity (Wildman–Crippen MR) is 68.8 cm³/mol. The highest BCUT2D eigenvalue weighted by Gasteiger charge is 2.04. The van der Waals surface area contributed by atoms with Gasteiger partial charge in [-0.2, -0.15) is 0 Å². The zero-order valence-electron chi connectivity index (χ0n) is 10.1. The summed E-state index contributed by atoms with van der Waals surface area (Å²) in [6.45, 7) is 5.10. The highest BCUT2D eigenvalue weighted by atomic mass is 15.0. The molecular weight excluding hydrogens is 212 g/mol. The molecular formula is C13H16N4. The van der Waals surface area contributed by atoms with E-state index in [1.165, 1.54) is 5.56 Å². The first kappa shape index (κ1) is 11.5. The highest BCUT2D eigenvalue weighted by Crippen LogP contribution is 2.21. The van der Waals surface area contributed by atoms with Gasteiger partial charge in [0.15, 0.2) is 0 Å². The van der Waals surface area contributed by atoms with Crippen LogP contribution in [0.2, 0.25) is 0 Å². The Labute approximate surface area is 101 Å². The Morgan fingerprint density at radius 3 is 2.94 bits per heavy atom. The van der Waals surface area contributed by atoms with Crippen LogP contribution >= 0.6 is 0 Å². The molecule has 17 heavy (non-hydrogen) atoms. The van der Waals surface area contributed by atoms with Crippen molar-refractivity contribution < 1.29 is 0 Å². The van der Waals surface area contributed by atoms with Crippen molar-refractivity contribution in [2.75, 3.05) is 11.9 Å². The summed E-state index contributed by atoms with van der Waals surface area (Å²) in [6.07, 6.45) is 6.28. The van der Waals surface area contributed by atoms with Gasteiger partial charge in [0.05, 0.1) is 5.69 Å². The summed E-state index contributed by atoms with van der Waals surface area (Å²) in [5.41, 5.74) is 3.12. The molecule has 0 aliphatic rings. The number of hydrogen-bond acceptors (Lipinski definition) is 4. The van der Waals surface area contributed by atoms with Crippen LogP contribution in [0.5, 0.6) is 0 Å². The van der Waals surface area contributed by atoms with Gasteiger partial charge in [0.1, 0.15) is 12.1 Å². The Bertz CT molecular complexity index is 496. The van der Waals surface area contributed by atoms with E-state index in [0.717, 1.165) is 30.0 Å². The first-order valence-electron chi connectivity index (χ1n) is 5.78. The second-order valence-corrected chi connectivity index (χ2v) is 3.91. The average molecular weight is 228 g/mol. The minimum atomic E-state index is 0.861. The molecule has 0 atom stereocenters. The fourth-order valence-corrected chi connectivity index (χ4v) is 1.59. The van der Waals surface area contributed by atoms with Gasteiger partial charge in [-0.15, -0.1) is 0 Å².